The molecule has 1 N–H and O–H groups in total. The number of rotatable bonds is 2. The molecular formula is C14H19ClN4O. The number of carbonyl (C=O) groups is 1. The highest BCUT2D eigenvalue weighted by atomic mass is 35.5. The SMILES string of the molecule is CC(C(=O)N1CCNCC1)n1cnc2ccccc21.Cl. The molecule has 1 aromatic heterocycles. The molecule has 0 spiro atoms. The molecular weight excluding hydrogens is 276 g/mol. The third-order valence-corrected chi connectivity index (χ3v) is 3.68. The second-order valence-corrected chi connectivity index (χ2v) is 4.89. The van der Waals surface area contributed by atoms with E-state index in [-0.39, 0.29) is 24.4 Å². The van der Waals surface area contributed by atoms with Crippen molar-refractivity contribution in [3.05, 3.63) is 30.6 Å². The summed E-state index contributed by atoms with van der Waals surface area (Å²) in [5.41, 5.74) is 1.95. The number of amides is 1. The Morgan fingerprint density at radius 1 is 1.30 bits per heavy atom. The number of hydrogen-bond donors (Lipinski definition) is 1. The largest absolute Gasteiger partial charge is 0.338 e. The van der Waals surface area contributed by atoms with Crippen LogP contribution in [-0.4, -0.2) is 46.5 Å². The molecule has 2 heterocycles. The molecule has 1 atom stereocenters. The Labute approximate surface area is 124 Å². The standard InChI is InChI=1S/C14H18N4O.ClH/c1-11(14(19)17-8-6-15-7-9-17)18-10-16-12-4-2-3-5-13(12)18;/h2-5,10-11,15H,6-9H2,1H3;1H. The van der Waals surface area contributed by atoms with Gasteiger partial charge in [0.2, 0.25) is 5.91 Å². The number of aromatic nitrogens is 2. The van der Waals surface area contributed by atoms with Crippen LogP contribution in [0.4, 0.5) is 0 Å². The van der Waals surface area contributed by atoms with Gasteiger partial charge in [0.25, 0.3) is 0 Å². The van der Waals surface area contributed by atoms with Gasteiger partial charge < -0.3 is 14.8 Å². The number of piperazine rings is 1. The zero-order chi connectivity index (χ0) is 13.2. The Morgan fingerprint density at radius 3 is 2.75 bits per heavy atom. The quantitative estimate of drug-likeness (QED) is 0.912. The van der Waals surface area contributed by atoms with E-state index >= 15 is 0 Å². The molecule has 0 saturated carbocycles. The Bertz CT molecular complexity index is 592. The van der Waals surface area contributed by atoms with E-state index in [1.807, 2.05) is 40.7 Å². The summed E-state index contributed by atoms with van der Waals surface area (Å²) in [6.45, 7) is 5.27. The van der Waals surface area contributed by atoms with Gasteiger partial charge in [-0.3, -0.25) is 4.79 Å². The van der Waals surface area contributed by atoms with Crippen LogP contribution in [0.25, 0.3) is 11.0 Å². The van der Waals surface area contributed by atoms with Gasteiger partial charge in [0.05, 0.1) is 17.4 Å². The van der Waals surface area contributed by atoms with Gasteiger partial charge in [0.15, 0.2) is 0 Å². The second kappa shape index (κ2) is 6.24. The first-order valence-corrected chi connectivity index (χ1v) is 6.68. The molecule has 1 fully saturated rings. The van der Waals surface area contributed by atoms with Crippen molar-refractivity contribution in [1.29, 1.82) is 0 Å². The highest BCUT2D eigenvalue weighted by Crippen LogP contribution is 2.19. The van der Waals surface area contributed by atoms with E-state index in [2.05, 4.69) is 10.3 Å². The number of fused-ring (bicyclic) bond motifs is 1. The highest BCUT2D eigenvalue weighted by Gasteiger charge is 2.24. The molecule has 0 aliphatic carbocycles. The fraction of sp³-hybridized carbons (Fsp3) is 0.429. The third-order valence-electron chi connectivity index (χ3n) is 3.68. The van der Waals surface area contributed by atoms with Crippen LogP contribution in [0.1, 0.15) is 13.0 Å². The lowest BCUT2D eigenvalue weighted by Crippen LogP contribution is -2.48. The molecule has 2 aromatic rings. The van der Waals surface area contributed by atoms with E-state index in [9.17, 15) is 4.79 Å². The van der Waals surface area contributed by atoms with Crippen LogP contribution in [0, 0.1) is 0 Å². The molecule has 1 aromatic carbocycles. The van der Waals surface area contributed by atoms with Crippen LogP contribution in [0.5, 0.6) is 0 Å². The molecule has 0 radical (unpaired) electrons. The summed E-state index contributed by atoms with van der Waals surface area (Å²) < 4.78 is 1.96. The fourth-order valence-corrected chi connectivity index (χ4v) is 2.56. The van der Waals surface area contributed by atoms with Gasteiger partial charge >= 0.3 is 0 Å². The van der Waals surface area contributed by atoms with Gasteiger partial charge in [-0.1, -0.05) is 12.1 Å². The van der Waals surface area contributed by atoms with Crippen molar-refractivity contribution in [1.82, 2.24) is 19.8 Å². The van der Waals surface area contributed by atoms with Gasteiger partial charge in [0.1, 0.15) is 6.04 Å². The smallest absolute Gasteiger partial charge is 0.245 e. The van der Waals surface area contributed by atoms with Crippen molar-refractivity contribution < 1.29 is 4.79 Å². The third kappa shape index (κ3) is 2.64. The molecule has 20 heavy (non-hydrogen) atoms. The minimum absolute atomic E-state index is 0. The van der Waals surface area contributed by atoms with Crippen LogP contribution in [0.3, 0.4) is 0 Å². The van der Waals surface area contributed by atoms with E-state index < -0.39 is 0 Å². The Morgan fingerprint density at radius 2 is 2.00 bits per heavy atom. The molecule has 0 bridgehead atoms. The first-order valence-electron chi connectivity index (χ1n) is 6.68. The molecule has 108 valence electrons. The average Bonchev–Trinajstić information content (AvgIpc) is 2.90. The number of halogens is 1. The van der Waals surface area contributed by atoms with E-state index in [1.54, 1.807) is 6.33 Å². The molecule has 1 saturated heterocycles. The molecule has 1 amide bonds. The number of para-hydroxylation sites is 2. The number of nitrogens with one attached hydrogen (secondary N) is 1. The van der Waals surface area contributed by atoms with Crippen LogP contribution in [-0.2, 0) is 4.79 Å². The summed E-state index contributed by atoms with van der Waals surface area (Å²) in [6, 6.07) is 7.70. The maximum Gasteiger partial charge on any atom is 0.245 e. The molecule has 1 aliphatic heterocycles. The predicted octanol–water partition coefficient (Wildman–Crippen LogP) is 1.45. The van der Waals surface area contributed by atoms with Crippen LogP contribution in [0.15, 0.2) is 30.6 Å². The zero-order valence-corrected chi connectivity index (χ0v) is 12.3. The zero-order valence-electron chi connectivity index (χ0n) is 11.5. The summed E-state index contributed by atoms with van der Waals surface area (Å²) in [5.74, 6) is 0.171. The predicted molar refractivity (Wildman–Crippen MR) is 81.1 cm³/mol. The van der Waals surface area contributed by atoms with E-state index in [4.69, 9.17) is 0 Å². The number of benzene rings is 1. The molecule has 1 aliphatic rings. The maximum absolute atomic E-state index is 12.5. The van der Waals surface area contributed by atoms with Gasteiger partial charge in [-0.2, -0.15) is 0 Å². The van der Waals surface area contributed by atoms with Crippen LogP contribution in [0.2, 0.25) is 0 Å². The highest BCUT2D eigenvalue weighted by molar-refractivity contribution is 5.85. The first-order chi connectivity index (χ1) is 9.27. The van der Waals surface area contributed by atoms with Gasteiger partial charge in [-0.05, 0) is 19.1 Å². The number of imidazole rings is 1. The van der Waals surface area contributed by atoms with E-state index in [0.29, 0.717) is 0 Å². The van der Waals surface area contributed by atoms with Crippen molar-refractivity contribution in [2.75, 3.05) is 26.2 Å². The lowest BCUT2D eigenvalue weighted by Gasteiger charge is -2.30. The van der Waals surface area contributed by atoms with Gasteiger partial charge in [-0.25, -0.2) is 4.98 Å². The van der Waals surface area contributed by atoms with Crippen molar-refractivity contribution in [2.24, 2.45) is 0 Å². The van der Waals surface area contributed by atoms with E-state index in [0.717, 1.165) is 37.2 Å². The lowest BCUT2D eigenvalue weighted by molar-refractivity contribution is -0.134. The monoisotopic (exact) mass is 294 g/mol. The Kier molecular flexibility index (Phi) is 4.62. The maximum atomic E-state index is 12.5. The summed E-state index contributed by atoms with van der Waals surface area (Å²) in [6.07, 6.45) is 1.76. The van der Waals surface area contributed by atoms with Crippen molar-refractivity contribution in [2.45, 2.75) is 13.0 Å². The summed E-state index contributed by atoms with van der Waals surface area (Å²) in [7, 11) is 0. The average molecular weight is 295 g/mol. The Hall–Kier alpha value is -1.59. The van der Waals surface area contributed by atoms with Crippen molar-refractivity contribution in [3.8, 4) is 0 Å². The molecule has 3 rings (SSSR count). The lowest BCUT2D eigenvalue weighted by atomic mass is 10.2. The van der Waals surface area contributed by atoms with Crippen LogP contribution >= 0.6 is 12.4 Å². The molecule has 6 heteroatoms. The van der Waals surface area contributed by atoms with Crippen molar-refractivity contribution >= 4 is 29.3 Å². The molecule has 5 nitrogen and oxygen atoms in total. The second-order valence-electron chi connectivity index (χ2n) is 4.89. The van der Waals surface area contributed by atoms with Crippen LogP contribution < -0.4 is 5.32 Å². The number of nitrogens with zero attached hydrogens (tertiary/aromatic N) is 3. The minimum atomic E-state index is -0.203. The summed E-state index contributed by atoms with van der Waals surface area (Å²) >= 11 is 0. The summed E-state index contributed by atoms with van der Waals surface area (Å²) in [5, 5.41) is 3.26. The van der Waals surface area contributed by atoms with E-state index in [1.165, 1.54) is 0 Å². The minimum Gasteiger partial charge on any atom is -0.338 e. The normalized spacial score (nSPS) is 16.8. The summed E-state index contributed by atoms with van der Waals surface area (Å²) in [4.78, 5) is 18.8. The van der Waals surface area contributed by atoms with Gasteiger partial charge in [-0.15, -0.1) is 12.4 Å². The number of carbonyl (C=O) groups excluding carboxylic acids is 1. The topological polar surface area (TPSA) is 50.2 Å². The van der Waals surface area contributed by atoms with Crippen molar-refractivity contribution in [3.63, 3.8) is 0 Å². The Balaban J connectivity index is 0.00000147. The first kappa shape index (κ1) is 14.8. The number of hydrogen-bond acceptors (Lipinski definition) is 3. The fourth-order valence-electron chi connectivity index (χ4n) is 2.56. The molecule has 1 unspecified atom stereocenters. The van der Waals surface area contributed by atoms with Gasteiger partial charge in [0, 0.05) is 26.2 Å².